The monoisotopic (exact) mass is 394 g/mol. The molecule has 0 radical (unpaired) electrons. The van der Waals surface area contributed by atoms with Crippen LogP contribution in [-0.4, -0.2) is 37.9 Å². The van der Waals surface area contributed by atoms with Crippen molar-refractivity contribution in [2.24, 2.45) is 0 Å². The fourth-order valence-electron chi connectivity index (χ4n) is 4.21. The largest absolute Gasteiger partial charge is 0.441 e. The molecule has 1 aliphatic rings. The van der Waals surface area contributed by atoms with Crippen LogP contribution >= 0.6 is 0 Å². The maximum Gasteiger partial charge on any atom is 0.254 e. The van der Waals surface area contributed by atoms with Crippen LogP contribution in [0.2, 0.25) is 0 Å². The number of amides is 1. The summed E-state index contributed by atoms with van der Waals surface area (Å²) in [5.41, 5.74) is 2.25. The highest BCUT2D eigenvalue weighted by molar-refractivity contribution is 5.97. The van der Waals surface area contributed by atoms with E-state index in [1.165, 1.54) is 6.42 Å². The van der Waals surface area contributed by atoms with Gasteiger partial charge in [-0.2, -0.15) is 0 Å². The Morgan fingerprint density at radius 1 is 1.31 bits per heavy atom. The van der Waals surface area contributed by atoms with Crippen LogP contribution < -0.4 is 0 Å². The van der Waals surface area contributed by atoms with Crippen LogP contribution in [-0.2, 0) is 13.0 Å². The lowest BCUT2D eigenvalue weighted by atomic mass is 9.98. The fourth-order valence-corrected chi connectivity index (χ4v) is 4.21. The van der Waals surface area contributed by atoms with E-state index in [-0.39, 0.29) is 11.9 Å². The molecule has 6 heteroatoms. The summed E-state index contributed by atoms with van der Waals surface area (Å²) in [5, 5.41) is 0. The standard InChI is InChI=1S/C23H30N4O2/c1-3-4-8-22-25-20-16-18(9-10-21(20)29-22)23(28)27-13-6-5-7-19(27)11-14-26-15-12-24-17(26)2/h9-10,12,15-16,19H,3-8,11,13-14H2,1-2H3. The van der Waals surface area contributed by atoms with E-state index in [0.29, 0.717) is 5.56 Å². The minimum Gasteiger partial charge on any atom is -0.441 e. The molecule has 1 fully saturated rings. The van der Waals surface area contributed by atoms with E-state index in [0.717, 1.165) is 74.4 Å². The molecule has 3 heterocycles. The van der Waals surface area contributed by atoms with Gasteiger partial charge in [-0.1, -0.05) is 13.3 Å². The Morgan fingerprint density at radius 2 is 2.21 bits per heavy atom. The molecule has 0 spiro atoms. The van der Waals surface area contributed by atoms with E-state index in [9.17, 15) is 4.79 Å². The van der Waals surface area contributed by atoms with E-state index < -0.39 is 0 Å². The Bertz CT molecular complexity index is 974. The molecular weight excluding hydrogens is 364 g/mol. The third kappa shape index (κ3) is 4.36. The molecule has 3 aromatic rings. The van der Waals surface area contributed by atoms with Gasteiger partial charge in [0, 0.05) is 43.5 Å². The van der Waals surface area contributed by atoms with Crippen LogP contribution in [0.3, 0.4) is 0 Å². The Labute approximate surface area is 171 Å². The number of hydrogen-bond donors (Lipinski definition) is 0. The summed E-state index contributed by atoms with van der Waals surface area (Å²) in [6.07, 6.45) is 11.1. The summed E-state index contributed by atoms with van der Waals surface area (Å²) < 4.78 is 7.98. The van der Waals surface area contributed by atoms with Crippen LogP contribution in [0.25, 0.3) is 11.1 Å². The van der Waals surface area contributed by atoms with Crippen LogP contribution in [0.4, 0.5) is 0 Å². The predicted molar refractivity (Wildman–Crippen MR) is 113 cm³/mol. The quantitative estimate of drug-likeness (QED) is 0.579. The molecule has 0 bridgehead atoms. The summed E-state index contributed by atoms with van der Waals surface area (Å²) in [5.74, 6) is 1.89. The number of aromatic nitrogens is 3. The Kier molecular flexibility index (Phi) is 5.97. The summed E-state index contributed by atoms with van der Waals surface area (Å²) in [6.45, 7) is 5.89. The number of likely N-dealkylation sites (tertiary alicyclic amines) is 1. The van der Waals surface area contributed by atoms with E-state index >= 15 is 0 Å². The average molecular weight is 395 g/mol. The molecule has 29 heavy (non-hydrogen) atoms. The van der Waals surface area contributed by atoms with Crippen molar-refractivity contribution in [1.29, 1.82) is 0 Å². The van der Waals surface area contributed by atoms with E-state index in [2.05, 4.69) is 26.4 Å². The van der Waals surface area contributed by atoms with E-state index in [4.69, 9.17) is 4.42 Å². The van der Waals surface area contributed by atoms with Crippen LogP contribution in [0.1, 0.15) is 67.5 Å². The van der Waals surface area contributed by atoms with Gasteiger partial charge in [-0.3, -0.25) is 4.79 Å². The SMILES string of the molecule is CCCCc1nc2cc(C(=O)N3CCCCC3CCn3ccnc3C)ccc2o1. The Hall–Kier alpha value is -2.63. The minimum absolute atomic E-state index is 0.108. The zero-order valence-corrected chi connectivity index (χ0v) is 17.4. The molecular formula is C23H30N4O2. The lowest BCUT2D eigenvalue weighted by molar-refractivity contribution is 0.0595. The topological polar surface area (TPSA) is 64.2 Å². The highest BCUT2D eigenvalue weighted by Gasteiger charge is 2.27. The predicted octanol–water partition coefficient (Wildman–Crippen LogP) is 4.76. The van der Waals surface area contributed by atoms with Crippen LogP contribution in [0.15, 0.2) is 35.0 Å². The van der Waals surface area contributed by atoms with Crippen molar-refractivity contribution in [2.45, 2.75) is 71.4 Å². The summed E-state index contributed by atoms with van der Waals surface area (Å²) in [4.78, 5) is 24.3. The number of carbonyl (C=O) groups is 1. The van der Waals surface area contributed by atoms with Crippen molar-refractivity contribution in [1.82, 2.24) is 19.4 Å². The maximum atomic E-state index is 13.3. The third-order valence-electron chi connectivity index (χ3n) is 5.94. The first-order valence-electron chi connectivity index (χ1n) is 10.8. The lowest BCUT2D eigenvalue weighted by Crippen LogP contribution is -2.44. The number of nitrogens with zero attached hydrogens (tertiary/aromatic N) is 4. The highest BCUT2D eigenvalue weighted by atomic mass is 16.3. The van der Waals surface area contributed by atoms with Gasteiger partial charge in [0.15, 0.2) is 11.5 Å². The molecule has 1 atom stereocenters. The molecule has 1 unspecified atom stereocenters. The second-order valence-corrected chi connectivity index (χ2v) is 8.00. The molecule has 1 aromatic carbocycles. The third-order valence-corrected chi connectivity index (χ3v) is 5.94. The number of piperidine rings is 1. The fraction of sp³-hybridized carbons (Fsp3) is 0.522. The Balaban J connectivity index is 1.49. The first kappa shape index (κ1) is 19.7. The first-order chi connectivity index (χ1) is 14.2. The number of benzene rings is 1. The molecule has 0 N–H and O–H groups in total. The maximum absolute atomic E-state index is 13.3. The van der Waals surface area contributed by atoms with E-state index in [1.54, 1.807) is 0 Å². The van der Waals surface area contributed by atoms with Gasteiger partial charge in [0.2, 0.25) is 0 Å². The molecule has 0 aliphatic carbocycles. The highest BCUT2D eigenvalue weighted by Crippen LogP contribution is 2.25. The average Bonchev–Trinajstić information content (AvgIpc) is 3.35. The lowest BCUT2D eigenvalue weighted by Gasteiger charge is -2.36. The van der Waals surface area contributed by atoms with Crippen molar-refractivity contribution in [3.05, 3.63) is 47.9 Å². The Morgan fingerprint density at radius 3 is 3.00 bits per heavy atom. The summed E-state index contributed by atoms with van der Waals surface area (Å²) in [7, 11) is 0. The number of imidazole rings is 1. The van der Waals surface area contributed by atoms with Crippen molar-refractivity contribution >= 4 is 17.0 Å². The number of aryl methyl sites for hydroxylation is 3. The summed E-state index contributed by atoms with van der Waals surface area (Å²) in [6, 6.07) is 5.93. The number of rotatable bonds is 7. The number of hydrogen-bond acceptors (Lipinski definition) is 4. The zero-order valence-electron chi connectivity index (χ0n) is 17.4. The molecule has 1 saturated heterocycles. The van der Waals surface area contributed by atoms with Crippen molar-refractivity contribution in [2.75, 3.05) is 6.54 Å². The normalized spacial score (nSPS) is 17.2. The second-order valence-electron chi connectivity index (χ2n) is 8.00. The molecule has 2 aromatic heterocycles. The van der Waals surface area contributed by atoms with Crippen molar-refractivity contribution in [3.63, 3.8) is 0 Å². The number of carbonyl (C=O) groups excluding carboxylic acids is 1. The van der Waals surface area contributed by atoms with Crippen molar-refractivity contribution < 1.29 is 9.21 Å². The number of fused-ring (bicyclic) bond motifs is 1. The van der Waals surface area contributed by atoms with Gasteiger partial charge in [0.25, 0.3) is 5.91 Å². The molecule has 1 amide bonds. The number of oxazole rings is 1. The van der Waals surface area contributed by atoms with Gasteiger partial charge < -0.3 is 13.9 Å². The van der Waals surface area contributed by atoms with E-state index in [1.807, 2.05) is 37.5 Å². The van der Waals surface area contributed by atoms with Gasteiger partial charge in [0.05, 0.1) is 0 Å². The van der Waals surface area contributed by atoms with Crippen molar-refractivity contribution in [3.8, 4) is 0 Å². The molecule has 154 valence electrons. The van der Waals surface area contributed by atoms with Crippen LogP contribution in [0.5, 0.6) is 0 Å². The molecule has 1 aliphatic heterocycles. The molecule has 0 saturated carbocycles. The minimum atomic E-state index is 0.108. The molecule has 6 nitrogen and oxygen atoms in total. The van der Waals surface area contributed by atoms with Gasteiger partial charge in [-0.15, -0.1) is 0 Å². The van der Waals surface area contributed by atoms with Gasteiger partial charge >= 0.3 is 0 Å². The second kappa shape index (κ2) is 8.80. The smallest absolute Gasteiger partial charge is 0.254 e. The molecule has 4 rings (SSSR count). The van der Waals surface area contributed by atoms with Gasteiger partial charge in [0.1, 0.15) is 11.3 Å². The van der Waals surface area contributed by atoms with Gasteiger partial charge in [-0.25, -0.2) is 9.97 Å². The summed E-state index contributed by atoms with van der Waals surface area (Å²) >= 11 is 0. The van der Waals surface area contributed by atoms with Crippen LogP contribution in [0, 0.1) is 6.92 Å². The van der Waals surface area contributed by atoms with Gasteiger partial charge in [-0.05, 0) is 57.2 Å². The number of unbranched alkanes of at least 4 members (excludes halogenated alkanes) is 1. The zero-order chi connectivity index (χ0) is 20.2. The first-order valence-corrected chi connectivity index (χ1v) is 10.8.